The molecular weight excluding hydrogens is 202 g/mol. The Morgan fingerprint density at radius 2 is 2.19 bits per heavy atom. The van der Waals surface area contributed by atoms with Crippen molar-refractivity contribution in [3.8, 4) is 0 Å². The van der Waals surface area contributed by atoms with Gasteiger partial charge in [0.05, 0.1) is 5.41 Å². The van der Waals surface area contributed by atoms with Gasteiger partial charge in [-0.2, -0.15) is 0 Å². The van der Waals surface area contributed by atoms with Crippen LogP contribution in [0.25, 0.3) is 0 Å². The molecular formula is C13H25NO2. The standard InChI is InChI=1S/C13H25NO2/c1-5-6-11(10-7-8-14-9-10)16-12(15)13(2,3)4/h10-11,14H,5-9H2,1-4H3/t10-,11-/m0/s1. The Morgan fingerprint density at radius 1 is 1.50 bits per heavy atom. The lowest BCUT2D eigenvalue weighted by Crippen LogP contribution is -2.33. The zero-order chi connectivity index (χ0) is 12.2. The van der Waals surface area contributed by atoms with Gasteiger partial charge < -0.3 is 10.1 Å². The minimum atomic E-state index is -0.391. The van der Waals surface area contributed by atoms with Crippen molar-refractivity contribution < 1.29 is 9.53 Å². The van der Waals surface area contributed by atoms with Crippen molar-refractivity contribution in [2.24, 2.45) is 11.3 Å². The molecule has 16 heavy (non-hydrogen) atoms. The van der Waals surface area contributed by atoms with Gasteiger partial charge in [-0.05, 0) is 40.2 Å². The number of nitrogens with one attached hydrogen (secondary N) is 1. The smallest absolute Gasteiger partial charge is 0.311 e. The molecule has 1 fully saturated rings. The van der Waals surface area contributed by atoms with Crippen LogP contribution >= 0.6 is 0 Å². The SMILES string of the molecule is CCC[C@H](OC(=O)C(C)(C)C)[C@H]1CCNC1. The van der Waals surface area contributed by atoms with Crippen molar-refractivity contribution in [2.45, 2.75) is 53.1 Å². The summed E-state index contributed by atoms with van der Waals surface area (Å²) in [7, 11) is 0. The van der Waals surface area contributed by atoms with Crippen LogP contribution in [0, 0.1) is 11.3 Å². The number of hydrogen-bond acceptors (Lipinski definition) is 3. The average Bonchev–Trinajstić information content (AvgIpc) is 2.68. The molecule has 1 N–H and O–H groups in total. The van der Waals surface area contributed by atoms with Crippen LogP contribution in [0.1, 0.15) is 47.0 Å². The van der Waals surface area contributed by atoms with E-state index in [-0.39, 0.29) is 12.1 Å². The molecule has 1 heterocycles. The second-order valence-electron chi connectivity index (χ2n) is 5.74. The number of rotatable bonds is 4. The van der Waals surface area contributed by atoms with Crippen molar-refractivity contribution >= 4 is 5.97 Å². The molecule has 94 valence electrons. The van der Waals surface area contributed by atoms with E-state index in [0.717, 1.165) is 32.4 Å². The number of carbonyl (C=O) groups excluding carboxylic acids is 1. The fourth-order valence-corrected chi connectivity index (χ4v) is 1.98. The lowest BCUT2D eigenvalue weighted by Gasteiger charge is -2.26. The van der Waals surface area contributed by atoms with Gasteiger partial charge in [0.2, 0.25) is 0 Å². The minimum absolute atomic E-state index is 0.0714. The van der Waals surface area contributed by atoms with E-state index in [4.69, 9.17) is 4.74 Å². The highest BCUT2D eigenvalue weighted by Gasteiger charge is 2.31. The fourth-order valence-electron chi connectivity index (χ4n) is 1.98. The highest BCUT2D eigenvalue weighted by Crippen LogP contribution is 2.24. The summed E-state index contributed by atoms with van der Waals surface area (Å²) in [5.74, 6) is 0.434. The van der Waals surface area contributed by atoms with Gasteiger partial charge in [0.15, 0.2) is 0 Å². The highest BCUT2D eigenvalue weighted by molar-refractivity contribution is 5.75. The maximum absolute atomic E-state index is 11.9. The quantitative estimate of drug-likeness (QED) is 0.749. The zero-order valence-corrected chi connectivity index (χ0v) is 11.0. The number of ether oxygens (including phenoxy) is 1. The molecule has 0 spiro atoms. The van der Waals surface area contributed by atoms with E-state index >= 15 is 0 Å². The first-order chi connectivity index (χ1) is 7.45. The van der Waals surface area contributed by atoms with Gasteiger partial charge in [-0.1, -0.05) is 13.3 Å². The Hall–Kier alpha value is -0.570. The Bertz CT molecular complexity index is 227. The predicted molar refractivity (Wildman–Crippen MR) is 65.2 cm³/mol. The van der Waals surface area contributed by atoms with Crippen LogP contribution < -0.4 is 5.32 Å². The summed E-state index contributed by atoms with van der Waals surface area (Å²) in [6, 6.07) is 0. The van der Waals surface area contributed by atoms with Crippen molar-refractivity contribution in [2.75, 3.05) is 13.1 Å². The van der Waals surface area contributed by atoms with E-state index in [1.54, 1.807) is 0 Å². The van der Waals surface area contributed by atoms with Crippen LogP contribution in [0.5, 0.6) is 0 Å². The molecule has 0 bridgehead atoms. The lowest BCUT2D eigenvalue weighted by molar-refractivity contribution is -0.161. The Morgan fingerprint density at radius 3 is 2.62 bits per heavy atom. The second kappa shape index (κ2) is 5.67. The van der Waals surface area contributed by atoms with Gasteiger partial charge in [-0.15, -0.1) is 0 Å². The van der Waals surface area contributed by atoms with Crippen LogP contribution in [0.2, 0.25) is 0 Å². The summed E-state index contributed by atoms with van der Waals surface area (Å²) in [5.41, 5.74) is -0.391. The molecule has 3 nitrogen and oxygen atoms in total. The van der Waals surface area contributed by atoms with E-state index in [9.17, 15) is 4.79 Å². The molecule has 0 aromatic heterocycles. The first kappa shape index (κ1) is 13.5. The molecule has 0 aliphatic carbocycles. The van der Waals surface area contributed by atoms with Crippen molar-refractivity contribution in [1.82, 2.24) is 5.32 Å². The van der Waals surface area contributed by atoms with Crippen LogP contribution in [-0.4, -0.2) is 25.2 Å². The molecule has 1 rings (SSSR count). The van der Waals surface area contributed by atoms with Crippen molar-refractivity contribution in [3.63, 3.8) is 0 Å². The number of esters is 1. The van der Waals surface area contributed by atoms with Crippen LogP contribution in [0.4, 0.5) is 0 Å². The predicted octanol–water partition coefficient (Wildman–Crippen LogP) is 2.35. The van der Waals surface area contributed by atoms with Gasteiger partial charge in [-0.3, -0.25) is 4.79 Å². The van der Waals surface area contributed by atoms with Gasteiger partial charge in [0.25, 0.3) is 0 Å². The largest absolute Gasteiger partial charge is 0.462 e. The van der Waals surface area contributed by atoms with E-state index in [2.05, 4.69) is 12.2 Å². The topological polar surface area (TPSA) is 38.3 Å². The molecule has 1 aliphatic rings. The third kappa shape index (κ3) is 3.78. The Labute approximate surface area is 98.9 Å². The van der Waals surface area contributed by atoms with Gasteiger partial charge in [0, 0.05) is 12.5 Å². The number of carbonyl (C=O) groups is 1. The summed E-state index contributed by atoms with van der Waals surface area (Å²) in [4.78, 5) is 11.9. The second-order valence-corrected chi connectivity index (χ2v) is 5.74. The Balaban J connectivity index is 2.53. The molecule has 1 saturated heterocycles. The van der Waals surface area contributed by atoms with E-state index in [0.29, 0.717) is 5.92 Å². The third-order valence-electron chi connectivity index (χ3n) is 3.07. The summed E-state index contributed by atoms with van der Waals surface area (Å²) < 4.78 is 5.66. The molecule has 1 aliphatic heterocycles. The van der Waals surface area contributed by atoms with Gasteiger partial charge in [-0.25, -0.2) is 0 Å². The van der Waals surface area contributed by atoms with Crippen molar-refractivity contribution in [1.29, 1.82) is 0 Å². The third-order valence-corrected chi connectivity index (χ3v) is 3.07. The molecule has 0 unspecified atom stereocenters. The average molecular weight is 227 g/mol. The molecule has 0 saturated carbocycles. The monoisotopic (exact) mass is 227 g/mol. The van der Waals surface area contributed by atoms with Crippen LogP contribution in [0.3, 0.4) is 0 Å². The first-order valence-corrected chi connectivity index (χ1v) is 6.37. The summed E-state index contributed by atoms with van der Waals surface area (Å²) in [5, 5.41) is 3.33. The number of hydrogen-bond donors (Lipinski definition) is 1. The van der Waals surface area contributed by atoms with Crippen LogP contribution in [-0.2, 0) is 9.53 Å². The molecule has 3 heteroatoms. The fraction of sp³-hybridized carbons (Fsp3) is 0.923. The summed E-state index contributed by atoms with van der Waals surface area (Å²) in [6.07, 6.45) is 3.28. The normalized spacial score (nSPS) is 23.1. The summed E-state index contributed by atoms with van der Waals surface area (Å²) in [6.45, 7) is 9.90. The maximum Gasteiger partial charge on any atom is 0.311 e. The van der Waals surface area contributed by atoms with Gasteiger partial charge >= 0.3 is 5.97 Å². The van der Waals surface area contributed by atoms with E-state index < -0.39 is 5.41 Å². The Kier molecular flexibility index (Phi) is 4.78. The van der Waals surface area contributed by atoms with E-state index in [1.165, 1.54) is 0 Å². The molecule has 0 amide bonds. The lowest BCUT2D eigenvalue weighted by atomic mass is 9.95. The van der Waals surface area contributed by atoms with E-state index in [1.807, 2.05) is 20.8 Å². The molecule has 2 atom stereocenters. The zero-order valence-electron chi connectivity index (χ0n) is 11.0. The van der Waals surface area contributed by atoms with Gasteiger partial charge in [0.1, 0.15) is 6.10 Å². The van der Waals surface area contributed by atoms with Crippen LogP contribution in [0.15, 0.2) is 0 Å². The first-order valence-electron chi connectivity index (χ1n) is 6.37. The molecule has 0 aromatic carbocycles. The minimum Gasteiger partial charge on any atom is -0.462 e. The molecule has 0 radical (unpaired) electrons. The summed E-state index contributed by atoms with van der Waals surface area (Å²) >= 11 is 0. The highest BCUT2D eigenvalue weighted by atomic mass is 16.5. The maximum atomic E-state index is 11.9. The molecule has 0 aromatic rings. The van der Waals surface area contributed by atoms with Crippen molar-refractivity contribution in [3.05, 3.63) is 0 Å².